The quantitative estimate of drug-likeness (QED) is 0.634. The fourth-order valence-corrected chi connectivity index (χ4v) is 4.25. The highest BCUT2D eigenvalue weighted by atomic mass is 35.5. The maximum atomic E-state index is 12.1. The number of nitrogens with one attached hydrogen (secondary N) is 1. The third-order valence-electron chi connectivity index (χ3n) is 2.29. The summed E-state index contributed by atoms with van der Waals surface area (Å²) in [5.41, 5.74) is 5.11. The predicted molar refractivity (Wildman–Crippen MR) is 82.7 cm³/mol. The van der Waals surface area contributed by atoms with Gasteiger partial charge in [0, 0.05) is 16.1 Å². The van der Waals surface area contributed by atoms with Crippen molar-refractivity contribution in [3.8, 4) is 0 Å². The van der Waals surface area contributed by atoms with Crippen LogP contribution in [0, 0.1) is 10.1 Å². The monoisotopic (exact) mass is 367 g/mol. The molecule has 0 saturated heterocycles. The number of nitrogens with two attached hydrogens (primary N) is 1. The third-order valence-corrected chi connectivity index (χ3v) is 5.54. The minimum Gasteiger partial charge on any atom is -0.385 e. The smallest absolute Gasteiger partial charge is 0.304 e. The standard InChI is InChI=1S/C10H7Cl2N3O4S2/c11-5-1-6(12)3-7(2-5)14-21(18,19)9-4-8(15(16)17)10(13)20-9/h1-4,14H,13H2. The maximum Gasteiger partial charge on any atom is 0.304 e. The van der Waals surface area contributed by atoms with Crippen LogP contribution in [0.2, 0.25) is 10.0 Å². The Bertz CT molecular complexity index is 799. The number of thiophene rings is 1. The highest BCUT2D eigenvalue weighted by Crippen LogP contribution is 2.35. The number of sulfonamides is 1. The van der Waals surface area contributed by atoms with Crippen LogP contribution in [0.5, 0.6) is 0 Å². The van der Waals surface area contributed by atoms with Crippen molar-refractivity contribution in [2.75, 3.05) is 10.5 Å². The maximum absolute atomic E-state index is 12.1. The van der Waals surface area contributed by atoms with E-state index in [1.54, 1.807) is 0 Å². The molecule has 21 heavy (non-hydrogen) atoms. The highest BCUT2D eigenvalue weighted by Gasteiger charge is 2.25. The van der Waals surface area contributed by atoms with Gasteiger partial charge < -0.3 is 5.73 Å². The Kier molecular flexibility index (Phi) is 4.28. The lowest BCUT2D eigenvalue weighted by Gasteiger charge is -2.06. The molecular weight excluding hydrogens is 361 g/mol. The van der Waals surface area contributed by atoms with E-state index in [-0.39, 0.29) is 24.9 Å². The van der Waals surface area contributed by atoms with Crippen LogP contribution in [-0.2, 0) is 10.0 Å². The summed E-state index contributed by atoms with van der Waals surface area (Å²) < 4.78 is 26.3. The summed E-state index contributed by atoms with van der Waals surface area (Å²) in [6, 6.07) is 5.05. The fourth-order valence-electron chi connectivity index (χ4n) is 1.47. The van der Waals surface area contributed by atoms with E-state index in [1.807, 2.05) is 0 Å². The summed E-state index contributed by atoms with van der Waals surface area (Å²) in [6.07, 6.45) is 0. The first-order chi connectivity index (χ1) is 9.69. The molecular formula is C10H7Cl2N3O4S2. The van der Waals surface area contributed by atoms with E-state index in [1.165, 1.54) is 18.2 Å². The van der Waals surface area contributed by atoms with Gasteiger partial charge in [0.05, 0.1) is 10.6 Å². The van der Waals surface area contributed by atoms with E-state index in [2.05, 4.69) is 4.72 Å². The largest absolute Gasteiger partial charge is 0.385 e. The van der Waals surface area contributed by atoms with Crippen LogP contribution in [0.4, 0.5) is 16.4 Å². The van der Waals surface area contributed by atoms with Crippen LogP contribution in [0.1, 0.15) is 0 Å². The van der Waals surface area contributed by atoms with Crippen molar-refractivity contribution in [1.82, 2.24) is 0 Å². The van der Waals surface area contributed by atoms with Crippen molar-refractivity contribution in [3.05, 3.63) is 44.4 Å². The zero-order valence-corrected chi connectivity index (χ0v) is 13.2. The molecule has 0 spiro atoms. The number of halogens is 2. The molecule has 2 rings (SSSR count). The molecule has 3 N–H and O–H groups in total. The molecule has 7 nitrogen and oxygen atoms in total. The summed E-state index contributed by atoms with van der Waals surface area (Å²) in [6.45, 7) is 0. The number of hydrogen-bond donors (Lipinski definition) is 2. The lowest BCUT2D eigenvalue weighted by molar-refractivity contribution is -0.383. The summed E-state index contributed by atoms with van der Waals surface area (Å²) >= 11 is 12.1. The van der Waals surface area contributed by atoms with Crippen LogP contribution in [0.25, 0.3) is 0 Å². The van der Waals surface area contributed by atoms with Gasteiger partial charge in [0.25, 0.3) is 10.0 Å². The zero-order valence-electron chi connectivity index (χ0n) is 10.0. The summed E-state index contributed by atoms with van der Waals surface area (Å²) in [5, 5.41) is 11.0. The average Bonchev–Trinajstić information content (AvgIpc) is 2.70. The third kappa shape index (κ3) is 3.56. The van der Waals surface area contributed by atoms with E-state index in [0.717, 1.165) is 6.07 Å². The number of nitro groups is 1. The molecule has 0 aliphatic rings. The van der Waals surface area contributed by atoms with Crippen LogP contribution in [0.15, 0.2) is 28.5 Å². The van der Waals surface area contributed by atoms with Crippen molar-refractivity contribution < 1.29 is 13.3 Å². The van der Waals surface area contributed by atoms with E-state index < -0.39 is 20.6 Å². The molecule has 0 aliphatic carbocycles. The molecule has 0 unspecified atom stereocenters. The Labute approximate surface area is 133 Å². The number of nitrogen functional groups attached to an aromatic ring is 1. The first kappa shape index (κ1) is 15.8. The van der Waals surface area contributed by atoms with Gasteiger partial charge in [0.2, 0.25) is 0 Å². The molecule has 0 radical (unpaired) electrons. The lowest BCUT2D eigenvalue weighted by atomic mass is 10.3. The minimum absolute atomic E-state index is 0.141. The topological polar surface area (TPSA) is 115 Å². The Balaban J connectivity index is 2.38. The number of rotatable bonds is 4. The van der Waals surface area contributed by atoms with Gasteiger partial charge in [-0.3, -0.25) is 14.8 Å². The Morgan fingerprint density at radius 2 is 1.76 bits per heavy atom. The van der Waals surface area contributed by atoms with Crippen molar-refractivity contribution in [1.29, 1.82) is 0 Å². The molecule has 11 heteroatoms. The highest BCUT2D eigenvalue weighted by molar-refractivity contribution is 7.94. The zero-order chi connectivity index (χ0) is 15.8. The van der Waals surface area contributed by atoms with Gasteiger partial charge in [0.15, 0.2) is 5.00 Å². The second kappa shape index (κ2) is 5.68. The Morgan fingerprint density at radius 3 is 2.24 bits per heavy atom. The molecule has 0 amide bonds. The van der Waals surface area contributed by atoms with Gasteiger partial charge in [-0.25, -0.2) is 8.42 Å². The molecule has 1 aromatic carbocycles. The molecule has 0 saturated carbocycles. The predicted octanol–water partition coefficient (Wildman–Crippen LogP) is 3.35. The van der Waals surface area contributed by atoms with Gasteiger partial charge in [-0.2, -0.15) is 0 Å². The van der Waals surface area contributed by atoms with Crippen LogP contribution < -0.4 is 10.5 Å². The average molecular weight is 368 g/mol. The summed E-state index contributed by atoms with van der Waals surface area (Å²) in [7, 11) is -4.02. The molecule has 1 aromatic heterocycles. The summed E-state index contributed by atoms with van der Waals surface area (Å²) in [5.74, 6) is 0. The molecule has 112 valence electrons. The fraction of sp³-hybridized carbons (Fsp3) is 0. The lowest BCUT2D eigenvalue weighted by Crippen LogP contribution is -2.11. The first-order valence-electron chi connectivity index (χ1n) is 5.21. The van der Waals surface area contributed by atoms with Crippen LogP contribution in [0.3, 0.4) is 0 Å². The molecule has 0 aliphatic heterocycles. The second-order valence-corrected chi connectivity index (χ2v) is 7.70. The molecule has 1 heterocycles. The minimum atomic E-state index is -4.02. The molecule has 0 fully saturated rings. The van der Waals surface area contributed by atoms with Crippen molar-refractivity contribution in [2.45, 2.75) is 4.21 Å². The van der Waals surface area contributed by atoms with Gasteiger partial charge in [-0.05, 0) is 18.2 Å². The SMILES string of the molecule is Nc1sc(S(=O)(=O)Nc2cc(Cl)cc(Cl)c2)cc1[N+](=O)[O-]. The van der Waals surface area contributed by atoms with Crippen LogP contribution in [-0.4, -0.2) is 13.3 Å². The number of benzene rings is 1. The molecule has 0 atom stereocenters. The normalized spacial score (nSPS) is 11.3. The van der Waals surface area contributed by atoms with E-state index in [9.17, 15) is 18.5 Å². The van der Waals surface area contributed by atoms with Gasteiger partial charge in [-0.1, -0.05) is 34.5 Å². The van der Waals surface area contributed by atoms with Gasteiger partial charge >= 0.3 is 5.69 Å². The molecule has 0 bridgehead atoms. The Hall–Kier alpha value is -1.55. The second-order valence-electron chi connectivity index (χ2n) is 3.84. The van der Waals surface area contributed by atoms with Crippen molar-refractivity contribution in [2.24, 2.45) is 0 Å². The van der Waals surface area contributed by atoms with Crippen molar-refractivity contribution >= 4 is 60.9 Å². The molecule has 2 aromatic rings. The Morgan fingerprint density at radius 1 is 1.19 bits per heavy atom. The first-order valence-corrected chi connectivity index (χ1v) is 8.27. The van der Waals surface area contributed by atoms with Crippen LogP contribution >= 0.6 is 34.5 Å². The number of hydrogen-bond acceptors (Lipinski definition) is 6. The van der Waals surface area contributed by atoms with E-state index in [0.29, 0.717) is 11.3 Å². The van der Waals surface area contributed by atoms with E-state index in [4.69, 9.17) is 28.9 Å². The number of anilines is 2. The van der Waals surface area contributed by atoms with Gasteiger partial charge in [0.1, 0.15) is 4.21 Å². The van der Waals surface area contributed by atoms with Gasteiger partial charge in [-0.15, -0.1) is 0 Å². The van der Waals surface area contributed by atoms with Crippen molar-refractivity contribution in [3.63, 3.8) is 0 Å². The summed E-state index contributed by atoms with van der Waals surface area (Å²) in [4.78, 5) is 9.94. The number of nitrogens with zero attached hydrogens (tertiary/aromatic N) is 1. The van der Waals surface area contributed by atoms with E-state index >= 15 is 0 Å².